The summed E-state index contributed by atoms with van der Waals surface area (Å²) in [6.45, 7) is 16.5. The smallest absolute Gasteiger partial charge is 0.498 e. The second kappa shape index (κ2) is 11.5. The molecule has 0 aromatic rings. The van der Waals surface area contributed by atoms with Crippen molar-refractivity contribution in [2.75, 3.05) is 13.2 Å². The van der Waals surface area contributed by atoms with Gasteiger partial charge in [0.05, 0.1) is 6.26 Å². The maximum atomic E-state index is 12.1. The molecule has 1 unspecified atom stereocenters. The Morgan fingerprint density at radius 1 is 1.08 bits per heavy atom. The third kappa shape index (κ3) is 5.53. The summed E-state index contributed by atoms with van der Waals surface area (Å²) in [6, 6.07) is 0. The molecule has 8 atom stereocenters. The lowest BCUT2D eigenvalue weighted by Crippen LogP contribution is -2.51. The predicted molar refractivity (Wildman–Crippen MR) is 145 cm³/mol. The van der Waals surface area contributed by atoms with Gasteiger partial charge in [0.2, 0.25) is 0 Å². The van der Waals surface area contributed by atoms with Gasteiger partial charge in [-0.2, -0.15) is 0 Å². The number of hydrogen-bond acceptors (Lipinski definition) is 4. The van der Waals surface area contributed by atoms with Crippen LogP contribution in [0, 0.1) is 46.3 Å². The van der Waals surface area contributed by atoms with Crippen LogP contribution in [0.25, 0.3) is 0 Å². The van der Waals surface area contributed by atoms with Crippen molar-refractivity contribution in [3.05, 3.63) is 24.5 Å². The van der Waals surface area contributed by atoms with Gasteiger partial charge in [0.25, 0.3) is 0 Å². The minimum atomic E-state index is -0.571. The van der Waals surface area contributed by atoms with Crippen LogP contribution < -0.4 is 0 Å². The molecule has 4 nitrogen and oxygen atoms in total. The Morgan fingerprint density at radius 2 is 1.89 bits per heavy atom. The van der Waals surface area contributed by atoms with Gasteiger partial charge >= 0.3 is 6.16 Å². The van der Waals surface area contributed by atoms with Gasteiger partial charge < -0.3 is 14.2 Å². The highest BCUT2D eigenvalue weighted by atomic mass is 16.7. The van der Waals surface area contributed by atoms with Crippen LogP contribution in [0.2, 0.25) is 0 Å². The highest BCUT2D eigenvalue weighted by Gasteiger charge is 2.59. The van der Waals surface area contributed by atoms with Gasteiger partial charge in [-0.1, -0.05) is 72.1 Å². The van der Waals surface area contributed by atoms with Gasteiger partial charge in [0.15, 0.2) is 0 Å². The summed E-state index contributed by atoms with van der Waals surface area (Å²) in [7, 11) is 0. The van der Waals surface area contributed by atoms with E-state index in [1.165, 1.54) is 57.6 Å². The Hall–Kier alpha value is -1.45. The summed E-state index contributed by atoms with van der Waals surface area (Å²) >= 11 is 0. The summed E-state index contributed by atoms with van der Waals surface area (Å²) in [4.78, 5) is 12.1. The van der Waals surface area contributed by atoms with E-state index in [2.05, 4.69) is 47.3 Å². The molecule has 0 bridgehead atoms. The number of hydrogen-bond donors (Lipinski definition) is 0. The third-order valence-corrected chi connectivity index (χ3v) is 11.1. The minimum Gasteiger partial charge on any atom is -0.498 e. The first kappa shape index (κ1) is 27.6. The van der Waals surface area contributed by atoms with Crippen LogP contribution in [0.15, 0.2) is 24.5 Å². The van der Waals surface area contributed by atoms with E-state index in [1.807, 2.05) is 0 Å². The number of carbonyl (C=O) groups excluding carboxylic acids is 1. The summed E-state index contributed by atoms with van der Waals surface area (Å²) in [5, 5.41) is 0. The van der Waals surface area contributed by atoms with Crippen molar-refractivity contribution in [3.63, 3.8) is 0 Å². The summed E-state index contributed by atoms with van der Waals surface area (Å²) in [5.74, 6) is 5.08. The Balaban J connectivity index is 1.37. The molecule has 0 aliphatic heterocycles. The van der Waals surface area contributed by atoms with Gasteiger partial charge in [-0.25, -0.2) is 4.79 Å². The molecule has 4 heteroatoms. The zero-order chi connectivity index (χ0) is 25.9. The molecule has 0 spiro atoms. The van der Waals surface area contributed by atoms with Crippen LogP contribution >= 0.6 is 0 Å². The first-order chi connectivity index (χ1) is 17.2. The largest absolute Gasteiger partial charge is 0.508 e. The lowest BCUT2D eigenvalue weighted by Gasteiger charge is -2.58. The van der Waals surface area contributed by atoms with Crippen LogP contribution in [0.4, 0.5) is 4.79 Å². The van der Waals surface area contributed by atoms with E-state index in [-0.39, 0.29) is 18.1 Å². The molecule has 3 saturated carbocycles. The van der Waals surface area contributed by atoms with Gasteiger partial charge in [-0.3, -0.25) is 0 Å². The molecule has 4 aliphatic carbocycles. The van der Waals surface area contributed by atoms with Gasteiger partial charge in [0.1, 0.15) is 19.3 Å². The third-order valence-electron chi connectivity index (χ3n) is 11.1. The monoisotopic (exact) mass is 500 g/mol. The second-order valence-corrected chi connectivity index (χ2v) is 13.4. The number of rotatable bonds is 10. The fraction of sp³-hybridized carbons (Fsp3) is 0.844. The highest BCUT2D eigenvalue weighted by molar-refractivity contribution is 5.60. The standard InChI is InChI=1S/C32H52O4/c1-7-34-19-20-35-30(33)36-25-15-17-31(5)24(21-25)11-12-26-28-14-13-27(23(4)10-8-9-22(2)3)32(28,6)18-16-29(26)31/h7,11,22-23,25-29H,1,8-10,12-21H2,2-6H3/t23-,25?,26+,27-,28+,29+,31+,32-/m1/s1. The minimum absolute atomic E-state index is 0.0647. The maximum Gasteiger partial charge on any atom is 0.508 e. The Kier molecular flexibility index (Phi) is 8.83. The molecule has 0 saturated heterocycles. The Labute approximate surface area is 220 Å². The molecule has 0 N–H and O–H groups in total. The van der Waals surface area contributed by atoms with Crippen LogP contribution in [0.5, 0.6) is 0 Å². The quantitative estimate of drug-likeness (QED) is 0.130. The van der Waals surface area contributed by atoms with E-state index in [4.69, 9.17) is 14.2 Å². The van der Waals surface area contributed by atoms with E-state index >= 15 is 0 Å². The van der Waals surface area contributed by atoms with Gasteiger partial charge in [0, 0.05) is 6.42 Å². The normalized spacial score (nSPS) is 38.3. The van der Waals surface area contributed by atoms with E-state index < -0.39 is 6.16 Å². The summed E-state index contributed by atoms with van der Waals surface area (Å²) < 4.78 is 15.9. The molecule has 0 radical (unpaired) electrons. The molecule has 4 aliphatic rings. The summed E-state index contributed by atoms with van der Waals surface area (Å²) in [5.41, 5.74) is 2.34. The SMILES string of the molecule is C=COCCOC(=O)OC1CC[C@@]2(C)C(=CC[C@H]3[C@@H]4CC[C@H]([C@H](C)CCCC(C)C)[C@@]4(C)CC[C@@H]32)C1. The van der Waals surface area contributed by atoms with E-state index in [1.54, 1.807) is 5.57 Å². The molecule has 0 aromatic carbocycles. The van der Waals surface area contributed by atoms with Crippen LogP contribution in [-0.2, 0) is 14.2 Å². The lowest BCUT2D eigenvalue weighted by molar-refractivity contribution is -0.0621. The Bertz CT molecular complexity index is 802. The number of carbonyl (C=O) groups is 1. The van der Waals surface area contributed by atoms with Crippen LogP contribution in [0.1, 0.15) is 105 Å². The highest BCUT2D eigenvalue weighted by Crippen LogP contribution is 2.67. The average Bonchev–Trinajstić information content (AvgIpc) is 3.19. The zero-order valence-electron chi connectivity index (χ0n) is 23.7. The van der Waals surface area contributed by atoms with Crippen LogP contribution in [-0.4, -0.2) is 25.5 Å². The molecule has 0 heterocycles. The molecule has 3 fully saturated rings. The van der Waals surface area contributed by atoms with Crippen molar-refractivity contribution < 1.29 is 19.0 Å². The van der Waals surface area contributed by atoms with Crippen LogP contribution in [0.3, 0.4) is 0 Å². The van der Waals surface area contributed by atoms with E-state index in [0.29, 0.717) is 12.0 Å². The van der Waals surface area contributed by atoms with E-state index in [9.17, 15) is 4.79 Å². The van der Waals surface area contributed by atoms with Crippen molar-refractivity contribution in [2.45, 2.75) is 111 Å². The number of fused-ring (bicyclic) bond motifs is 5. The molecular formula is C32H52O4. The zero-order valence-corrected chi connectivity index (χ0v) is 23.7. The average molecular weight is 501 g/mol. The first-order valence-corrected chi connectivity index (χ1v) is 14.9. The number of ether oxygens (including phenoxy) is 3. The van der Waals surface area contributed by atoms with E-state index in [0.717, 1.165) is 54.8 Å². The molecule has 4 rings (SSSR count). The maximum absolute atomic E-state index is 12.1. The molecule has 36 heavy (non-hydrogen) atoms. The lowest BCUT2D eigenvalue weighted by atomic mass is 9.47. The first-order valence-electron chi connectivity index (χ1n) is 14.9. The molecule has 0 amide bonds. The van der Waals surface area contributed by atoms with Gasteiger partial charge in [-0.15, -0.1) is 0 Å². The molecule has 0 aromatic heterocycles. The fourth-order valence-corrected chi connectivity index (χ4v) is 9.18. The number of allylic oxidation sites excluding steroid dienone is 1. The Morgan fingerprint density at radius 3 is 2.64 bits per heavy atom. The van der Waals surface area contributed by atoms with Crippen molar-refractivity contribution >= 4 is 6.16 Å². The fourth-order valence-electron chi connectivity index (χ4n) is 9.18. The molecule has 204 valence electrons. The topological polar surface area (TPSA) is 44.8 Å². The van der Waals surface area contributed by atoms with Gasteiger partial charge in [-0.05, 0) is 91.3 Å². The van der Waals surface area contributed by atoms with Crippen molar-refractivity contribution in [2.24, 2.45) is 46.3 Å². The van der Waals surface area contributed by atoms with Crippen molar-refractivity contribution in [1.29, 1.82) is 0 Å². The summed E-state index contributed by atoms with van der Waals surface area (Å²) in [6.07, 6.45) is 17.3. The molecular weight excluding hydrogens is 448 g/mol. The predicted octanol–water partition coefficient (Wildman–Crippen LogP) is 8.71. The second-order valence-electron chi connectivity index (χ2n) is 13.4. The van der Waals surface area contributed by atoms with Crippen molar-refractivity contribution in [3.8, 4) is 0 Å². The van der Waals surface area contributed by atoms with Crippen molar-refractivity contribution in [1.82, 2.24) is 0 Å².